The van der Waals surface area contributed by atoms with Gasteiger partial charge in [0.05, 0.1) is 18.9 Å². The zero-order valence-corrected chi connectivity index (χ0v) is 16.5. The van der Waals surface area contributed by atoms with Crippen molar-refractivity contribution in [2.45, 2.75) is 71.4 Å². The summed E-state index contributed by atoms with van der Waals surface area (Å²) in [5, 5.41) is 0. The third-order valence-corrected chi connectivity index (χ3v) is 6.60. The Labute approximate surface area is 159 Å². The average Bonchev–Trinajstić information content (AvgIpc) is 3.14. The quantitative estimate of drug-likeness (QED) is 0.549. The molecule has 0 spiro atoms. The van der Waals surface area contributed by atoms with E-state index >= 15 is 0 Å². The molecule has 27 heavy (non-hydrogen) atoms. The zero-order chi connectivity index (χ0) is 19.9. The first kappa shape index (κ1) is 19.8. The van der Waals surface area contributed by atoms with Gasteiger partial charge in [-0.3, -0.25) is 24.1 Å². The summed E-state index contributed by atoms with van der Waals surface area (Å²) >= 11 is 0. The fourth-order valence-electron chi connectivity index (χ4n) is 4.29. The van der Waals surface area contributed by atoms with Gasteiger partial charge in [0.2, 0.25) is 11.8 Å². The maximum absolute atomic E-state index is 12.6. The van der Waals surface area contributed by atoms with Crippen LogP contribution in [-0.4, -0.2) is 46.9 Å². The molecule has 7 heteroatoms. The summed E-state index contributed by atoms with van der Waals surface area (Å²) in [5.74, 6) is -1.60. The standard InChI is InChI=1S/C20H29NO6/c1-11-12(2)18(24)21(17(11)23)15-7-5-13(6-8-15)19(25)27-20(3,4)14-9-16(22)26-10-14/h11-15H,5-10H2,1-4H3. The number of rotatable bonds is 4. The minimum atomic E-state index is -0.758. The van der Waals surface area contributed by atoms with Gasteiger partial charge in [-0.25, -0.2) is 0 Å². The van der Waals surface area contributed by atoms with Crippen molar-refractivity contribution in [1.29, 1.82) is 0 Å². The lowest BCUT2D eigenvalue weighted by molar-refractivity contribution is -0.168. The van der Waals surface area contributed by atoms with Gasteiger partial charge >= 0.3 is 11.9 Å². The number of likely N-dealkylation sites (tertiary alicyclic amines) is 1. The van der Waals surface area contributed by atoms with Crippen molar-refractivity contribution in [1.82, 2.24) is 4.90 Å². The molecule has 0 bridgehead atoms. The smallest absolute Gasteiger partial charge is 0.309 e. The molecule has 1 aliphatic carbocycles. The summed E-state index contributed by atoms with van der Waals surface area (Å²) in [5.41, 5.74) is -0.758. The molecule has 2 saturated heterocycles. The largest absolute Gasteiger partial charge is 0.465 e. The van der Waals surface area contributed by atoms with Gasteiger partial charge < -0.3 is 9.47 Å². The Morgan fingerprint density at radius 2 is 1.59 bits per heavy atom. The van der Waals surface area contributed by atoms with Crippen LogP contribution in [0.5, 0.6) is 0 Å². The van der Waals surface area contributed by atoms with E-state index in [1.807, 2.05) is 13.8 Å². The highest BCUT2D eigenvalue weighted by molar-refractivity contribution is 6.05. The summed E-state index contributed by atoms with van der Waals surface area (Å²) in [7, 11) is 0. The van der Waals surface area contributed by atoms with Crippen molar-refractivity contribution in [2.75, 3.05) is 6.61 Å². The maximum atomic E-state index is 12.6. The number of hydrogen-bond acceptors (Lipinski definition) is 6. The van der Waals surface area contributed by atoms with Gasteiger partial charge in [-0.15, -0.1) is 0 Å². The van der Waals surface area contributed by atoms with Crippen LogP contribution in [0.4, 0.5) is 0 Å². The first-order valence-electron chi connectivity index (χ1n) is 9.87. The fraction of sp³-hybridized carbons (Fsp3) is 0.800. The second-order valence-corrected chi connectivity index (χ2v) is 8.74. The van der Waals surface area contributed by atoms with Crippen molar-refractivity contribution in [2.24, 2.45) is 23.7 Å². The van der Waals surface area contributed by atoms with Gasteiger partial charge in [-0.05, 0) is 39.5 Å². The number of cyclic esters (lactones) is 1. The number of nitrogens with zero attached hydrogens (tertiary/aromatic N) is 1. The second-order valence-electron chi connectivity index (χ2n) is 8.74. The van der Waals surface area contributed by atoms with Crippen molar-refractivity contribution in [3.8, 4) is 0 Å². The van der Waals surface area contributed by atoms with Crippen LogP contribution in [0.1, 0.15) is 59.8 Å². The molecule has 3 aliphatic rings. The fourth-order valence-corrected chi connectivity index (χ4v) is 4.29. The predicted molar refractivity (Wildman–Crippen MR) is 95.2 cm³/mol. The highest BCUT2D eigenvalue weighted by Crippen LogP contribution is 2.36. The Hall–Kier alpha value is -1.92. The molecule has 150 valence electrons. The lowest BCUT2D eigenvalue weighted by atomic mass is 9.84. The Morgan fingerprint density at radius 1 is 1.04 bits per heavy atom. The first-order valence-corrected chi connectivity index (χ1v) is 9.87. The highest BCUT2D eigenvalue weighted by atomic mass is 16.6. The molecule has 2 aliphatic heterocycles. The monoisotopic (exact) mass is 379 g/mol. The van der Waals surface area contributed by atoms with Crippen molar-refractivity contribution in [3.05, 3.63) is 0 Å². The number of hydrogen-bond donors (Lipinski definition) is 0. The van der Waals surface area contributed by atoms with E-state index in [0.717, 1.165) is 0 Å². The summed E-state index contributed by atoms with van der Waals surface area (Å²) in [6.45, 7) is 7.50. The number of carbonyl (C=O) groups is 4. The molecule has 0 N–H and O–H groups in total. The molecule has 0 aromatic carbocycles. The molecule has 3 atom stereocenters. The number of carbonyl (C=O) groups excluding carboxylic acids is 4. The van der Waals surface area contributed by atoms with Crippen molar-refractivity contribution in [3.63, 3.8) is 0 Å². The van der Waals surface area contributed by atoms with E-state index < -0.39 is 5.60 Å². The molecule has 3 unspecified atom stereocenters. The summed E-state index contributed by atoms with van der Waals surface area (Å²) < 4.78 is 10.7. The van der Waals surface area contributed by atoms with Gasteiger partial charge in [0.1, 0.15) is 5.60 Å². The molecule has 0 aromatic rings. The van der Waals surface area contributed by atoms with Crippen LogP contribution < -0.4 is 0 Å². The number of imide groups is 1. The van der Waals surface area contributed by atoms with Gasteiger partial charge in [0.25, 0.3) is 0 Å². The minimum Gasteiger partial charge on any atom is -0.465 e. The van der Waals surface area contributed by atoms with Crippen LogP contribution in [0.2, 0.25) is 0 Å². The van der Waals surface area contributed by atoms with Crippen LogP contribution in [0.3, 0.4) is 0 Å². The predicted octanol–water partition coefficient (Wildman–Crippen LogP) is 2.07. The van der Waals surface area contributed by atoms with E-state index in [4.69, 9.17) is 9.47 Å². The van der Waals surface area contributed by atoms with E-state index in [-0.39, 0.29) is 66.5 Å². The molecule has 7 nitrogen and oxygen atoms in total. The maximum Gasteiger partial charge on any atom is 0.309 e. The van der Waals surface area contributed by atoms with Crippen LogP contribution in [0.15, 0.2) is 0 Å². The van der Waals surface area contributed by atoms with Gasteiger partial charge in [0.15, 0.2) is 0 Å². The van der Waals surface area contributed by atoms with E-state index in [2.05, 4.69) is 0 Å². The molecule has 3 rings (SSSR count). The van der Waals surface area contributed by atoms with Gasteiger partial charge in [0, 0.05) is 23.8 Å². The number of amides is 2. The topological polar surface area (TPSA) is 90.0 Å². The molecule has 3 fully saturated rings. The van der Waals surface area contributed by atoms with Crippen molar-refractivity contribution < 1.29 is 28.7 Å². The van der Waals surface area contributed by atoms with Gasteiger partial charge in [-0.1, -0.05) is 13.8 Å². The van der Waals surface area contributed by atoms with E-state index in [1.54, 1.807) is 13.8 Å². The molecular formula is C20H29NO6. The van der Waals surface area contributed by atoms with Gasteiger partial charge in [-0.2, -0.15) is 0 Å². The summed E-state index contributed by atoms with van der Waals surface area (Å²) in [6, 6.07) is -0.115. The van der Waals surface area contributed by atoms with E-state index in [0.29, 0.717) is 25.7 Å². The Kier molecular flexibility index (Phi) is 5.32. The number of esters is 2. The summed E-state index contributed by atoms with van der Waals surface area (Å²) in [4.78, 5) is 50.1. The highest BCUT2D eigenvalue weighted by Gasteiger charge is 2.47. The Balaban J connectivity index is 1.54. The normalized spacial score (nSPS) is 34.7. The van der Waals surface area contributed by atoms with Crippen LogP contribution in [-0.2, 0) is 28.7 Å². The number of ether oxygens (including phenoxy) is 2. The molecule has 0 radical (unpaired) electrons. The molecule has 2 heterocycles. The average molecular weight is 379 g/mol. The Morgan fingerprint density at radius 3 is 2.07 bits per heavy atom. The third kappa shape index (κ3) is 3.73. The van der Waals surface area contributed by atoms with E-state index in [9.17, 15) is 19.2 Å². The molecule has 2 amide bonds. The van der Waals surface area contributed by atoms with E-state index in [1.165, 1.54) is 4.90 Å². The SMILES string of the molecule is CC1C(=O)N(C2CCC(C(=O)OC(C)(C)C3COC(=O)C3)CC2)C(=O)C1C. The molecule has 1 saturated carbocycles. The minimum absolute atomic E-state index is 0.0921. The van der Waals surface area contributed by atoms with Crippen LogP contribution >= 0.6 is 0 Å². The Bertz CT molecular complexity index is 629. The molecular weight excluding hydrogens is 350 g/mol. The summed E-state index contributed by atoms with van der Waals surface area (Å²) in [6.07, 6.45) is 2.71. The zero-order valence-electron chi connectivity index (χ0n) is 16.5. The molecule has 0 aromatic heterocycles. The van der Waals surface area contributed by atoms with Crippen molar-refractivity contribution >= 4 is 23.8 Å². The lowest BCUT2D eigenvalue weighted by Gasteiger charge is -2.35. The van der Waals surface area contributed by atoms with Crippen LogP contribution in [0, 0.1) is 23.7 Å². The third-order valence-electron chi connectivity index (χ3n) is 6.60. The first-order chi connectivity index (χ1) is 12.6. The second kappa shape index (κ2) is 7.24. The lowest BCUT2D eigenvalue weighted by Crippen LogP contribution is -2.44. The van der Waals surface area contributed by atoms with Crippen LogP contribution in [0.25, 0.3) is 0 Å².